The molecule has 174 valence electrons. The molecule has 0 spiro atoms. The van der Waals surface area contributed by atoms with Gasteiger partial charge in [0.05, 0.1) is 11.6 Å². The molecule has 1 aromatic heterocycles. The minimum Gasteiger partial charge on any atom is -0.506 e. The van der Waals surface area contributed by atoms with Gasteiger partial charge in [0.15, 0.2) is 0 Å². The largest absolute Gasteiger partial charge is 0.506 e. The van der Waals surface area contributed by atoms with Gasteiger partial charge in [-0.1, -0.05) is 18.2 Å². The maximum absolute atomic E-state index is 11.6. The Hall–Kier alpha value is -3.16. The first kappa shape index (κ1) is 23.0. The number of aromatic amines is 1. The van der Waals surface area contributed by atoms with Crippen molar-refractivity contribution in [1.29, 1.82) is 0 Å². The van der Waals surface area contributed by atoms with Crippen molar-refractivity contribution in [3.05, 3.63) is 74.6 Å². The predicted octanol–water partition coefficient (Wildman–Crippen LogP) is 2.99. The van der Waals surface area contributed by atoms with Crippen LogP contribution in [0.1, 0.15) is 53.7 Å². The Morgan fingerprint density at radius 1 is 1.06 bits per heavy atom. The third-order valence-corrected chi connectivity index (χ3v) is 6.46. The van der Waals surface area contributed by atoms with E-state index in [1.54, 1.807) is 12.1 Å². The third-order valence-electron chi connectivity index (χ3n) is 6.46. The van der Waals surface area contributed by atoms with E-state index >= 15 is 0 Å². The average molecular weight is 451 g/mol. The van der Waals surface area contributed by atoms with E-state index in [9.17, 15) is 15.0 Å². The van der Waals surface area contributed by atoms with Gasteiger partial charge in [-0.2, -0.15) is 0 Å². The molecule has 2 aliphatic rings. The van der Waals surface area contributed by atoms with Crippen molar-refractivity contribution in [1.82, 2.24) is 10.3 Å². The van der Waals surface area contributed by atoms with E-state index in [2.05, 4.69) is 22.4 Å². The molecule has 5 rings (SSSR count). The van der Waals surface area contributed by atoms with Gasteiger partial charge in [-0.3, -0.25) is 9.59 Å². The van der Waals surface area contributed by atoms with E-state index in [0.717, 1.165) is 19.8 Å². The van der Waals surface area contributed by atoms with Gasteiger partial charge in [0.25, 0.3) is 5.97 Å². The molecular weight excluding hydrogens is 420 g/mol. The Bertz CT molecular complexity index is 1190. The number of hydrogen-bond donors (Lipinski definition) is 5. The number of rotatable bonds is 4. The summed E-state index contributed by atoms with van der Waals surface area (Å²) in [6.45, 7) is 1.51. The lowest BCUT2D eigenvalue weighted by Gasteiger charge is -2.18. The summed E-state index contributed by atoms with van der Waals surface area (Å²) in [7, 11) is 0. The molecule has 0 aliphatic heterocycles. The summed E-state index contributed by atoms with van der Waals surface area (Å²) in [5.74, 6) is -0.822. The van der Waals surface area contributed by atoms with Crippen LogP contribution in [-0.2, 0) is 30.5 Å². The number of carboxylic acids is 1. The summed E-state index contributed by atoms with van der Waals surface area (Å²) in [6.07, 6.45) is 6.28. The number of phenolic OH excluding ortho intramolecular Hbond substituents is 1. The Morgan fingerprint density at radius 3 is 2.27 bits per heavy atom. The van der Waals surface area contributed by atoms with Gasteiger partial charge < -0.3 is 25.6 Å². The number of hydrogen-bond acceptors (Lipinski definition) is 5. The highest BCUT2D eigenvalue weighted by Crippen LogP contribution is 2.31. The van der Waals surface area contributed by atoms with E-state index in [1.807, 2.05) is 0 Å². The van der Waals surface area contributed by atoms with Crippen LogP contribution in [0.3, 0.4) is 0 Å². The second kappa shape index (κ2) is 9.77. The molecule has 0 fully saturated rings. The fourth-order valence-electron chi connectivity index (χ4n) is 4.95. The number of aliphatic carboxylic acids is 1. The molecular formula is C26H30N2O5. The van der Waals surface area contributed by atoms with E-state index in [-0.39, 0.29) is 11.3 Å². The van der Waals surface area contributed by atoms with Crippen molar-refractivity contribution in [2.45, 2.75) is 57.6 Å². The number of fused-ring (bicyclic) bond motifs is 3. The van der Waals surface area contributed by atoms with Crippen LogP contribution in [0.2, 0.25) is 0 Å². The predicted molar refractivity (Wildman–Crippen MR) is 127 cm³/mol. The summed E-state index contributed by atoms with van der Waals surface area (Å²) in [4.78, 5) is 23.2. The van der Waals surface area contributed by atoms with Gasteiger partial charge in [-0.25, -0.2) is 0 Å². The van der Waals surface area contributed by atoms with Crippen molar-refractivity contribution >= 4 is 16.9 Å². The molecule has 0 radical (unpaired) electrons. The highest BCUT2D eigenvalue weighted by molar-refractivity contribution is 5.87. The van der Waals surface area contributed by atoms with Crippen LogP contribution in [0.25, 0.3) is 10.9 Å². The molecule has 0 unspecified atom stereocenters. The number of aromatic nitrogens is 1. The molecule has 2 aromatic carbocycles. The summed E-state index contributed by atoms with van der Waals surface area (Å²) < 4.78 is 0. The Morgan fingerprint density at radius 2 is 1.67 bits per heavy atom. The number of benzene rings is 2. The van der Waals surface area contributed by atoms with Crippen LogP contribution >= 0.6 is 0 Å². The molecule has 0 amide bonds. The number of aliphatic hydroxyl groups is 1. The smallest absolute Gasteiger partial charge is 0.300 e. The summed E-state index contributed by atoms with van der Waals surface area (Å²) >= 11 is 0. The summed E-state index contributed by atoms with van der Waals surface area (Å²) in [5, 5.41) is 32.4. The van der Waals surface area contributed by atoms with Crippen molar-refractivity contribution in [3.63, 3.8) is 0 Å². The van der Waals surface area contributed by atoms with Crippen molar-refractivity contribution < 1.29 is 20.1 Å². The van der Waals surface area contributed by atoms with Crippen LogP contribution in [-0.4, -0.2) is 38.9 Å². The van der Waals surface area contributed by atoms with Crippen LogP contribution in [0.4, 0.5) is 0 Å². The fourth-order valence-corrected chi connectivity index (χ4v) is 4.95. The first-order valence-electron chi connectivity index (χ1n) is 11.4. The lowest BCUT2D eigenvalue weighted by molar-refractivity contribution is -0.134. The molecule has 2 aliphatic carbocycles. The van der Waals surface area contributed by atoms with E-state index in [1.165, 1.54) is 60.1 Å². The first-order chi connectivity index (χ1) is 15.8. The van der Waals surface area contributed by atoms with Crippen molar-refractivity contribution in [2.75, 3.05) is 6.54 Å². The molecule has 1 atom stereocenters. The molecule has 7 nitrogen and oxygen atoms in total. The van der Waals surface area contributed by atoms with Crippen LogP contribution < -0.4 is 10.9 Å². The molecule has 5 N–H and O–H groups in total. The van der Waals surface area contributed by atoms with Gasteiger partial charge >= 0.3 is 0 Å². The van der Waals surface area contributed by atoms with Gasteiger partial charge in [-0.05, 0) is 78.5 Å². The molecule has 7 heteroatoms. The van der Waals surface area contributed by atoms with Gasteiger partial charge in [-0.15, -0.1) is 0 Å². The zero-order valence-corrected chi connectivity index (χ0v) is 18.7. The minimum absolute atomic E-state index is 0.0109. The van der Waals surface area contributed by atoms with Crippen LogP contribution in [0.15, 0.2) is 41.2 Å². The third kappa shape index (κ3) is 5.26. The maximum Gasteiger partial charge on any atom is 0.300 e. The second-order valence-electron chi connectivity index (χ2n) is 8.93. The number of pyridine rings is 1. The molecule has 0 bridgehead atoms. The summed E-state index contributed by atoms with van der Waals surface area (Å²) in [6, 6.07) is 11.5. The van der Waals surface area contributed by atoms with E-state index in [0.29, 0.717) is 29.1 Å². The van der Waals surface area contributed by atoms with Crippen LogP contribution in [0, 0.1) is 0 Å². The van der Waals surface area contributed by atoms with Crippen molar-refractivity contribution in [2.24, 2.45) is 0 Å². The Kier molecular flexibility index (Phi) is 6.81. The lowest BCUT2D eigenvalue weighted by Crippen LogP contribution is -2.33. The zero-order valence-electron chi connectivity index (χ0n) is 18.7. The zero-order chi connectivity index (χ0) is 23.5. The van der Waals surface area contributed by atoms with Crippen molar-refractivity contribution in [3.8, 4) is 5.75 Å². The topological polar surface area (TPSA) is 123 Å². The van der Waals surface area contributed by atoms with Gasteiger partial charge in [0.1, 0.15) is 5.75 Å². The first-order valence-corrected chi connectivity index (χ1v) is 11.4. The lowest BCUT2D eigenvalue weighted by atomic mass is 9.89. The standard InChI is InChI=1S/C24H26N2O3.C2H4O2/c27-21-7-5-19(20-6-8-23(29)26-24(20)21)22(28)13-25-18-11-16-9-14-3-1-2-4-15(14)10-17(16)12-18;1-2(3)4/h5-10,18,22,25,27-28H,1-4,11-13H2,(H,26,29);1H3,(H,3,4)/t22-;/m1./s1. The number of aliphatic hydroxyl groups excluding tert-OH is 1. The molecule has 0 saturated carbocycles. The number of aromatic hydroxyl groups is 1. The minimum atomic E-state index is -0.833. The van der Waals surface area contributed by atoms with Gasteiger partial charge in [0, 0.05) is 31.0 Å². The van der Waals surface area contributed by atoms with Gasteiger partial charge in [0.2, 0.25) is 5.56 Å². The van der Waals surface area contributed by atoms with E-state index < -0.39 is 12.1 Å². The highest BCUT2D eigenvalue weighted by Gasteiger charge is 2.24. The Balaban J connectivity index is 0.000000601. The highest BCUT2D eigenvalue weighted by atomic mass is 16.4. The number of carboxylic acid groups (broad SMARTS) is 1. The number of aryl methyl sites for hydroxylation is 2. The maximum atomic E-state index is 11.6. The monoisotopic (exact) mass is 450 g/mol. The SMILES string of the molecule is CC(=O)O.O=c1ccc2c([C@H](O)CNC3Cc4cc5c(cc4C3)CCCC5)ccc(O)c2[nH]1. The average Bonchev–Trinajstić information content (AvgIpc) is 3.17. The number of nitrogens with one attached hydrogen (secondary N) is 2. The summed E-state index contributed by atoms with van der Waals surface area (Å²) in [5.41, 5.74) is 6.75. The van der Waals surface area contributed by atoms with E-state index in [4.69, 9.17) is 9.90 Å². The molecule has 33 heavy (non-hydrogen) atoms. The number of carbonyl (C=O) groups is 1. The molecule has 0 saturated heterocycles. The molecule has 1 heterocycles. The normalized spacial score (nSPS) is 15.9. The number of H-pyrrole nitrogens is 1. The number of phenols is 1. The fraction of sp³-hybridized carbons (Fsp3) is 0.385. The molecule has 3 aromatic rings. The second-order valence-corrected chi connectivity index (χ2v) is 8.93. The Labute approximate surface area is 192 Å². The quantitative estimate of drug-likeness (QED) is 0.417. The van der Waals surface area contributed by atoms with Crippen LogP contribution in [0.5, 0.6) is 5.75 Å².